The second kappa shape index (κ2) is 9.14. The van der Waals surface area contributed by atoms with Crippen LogP contribution in [0.3, 0.4) is 0 Å². The van der Waals surface area contributed by atoms with Crippen LogP contribution in [0.1, 0.15) is 37.5 Å². The molecule has 1 aliphatic rings. The van der Waals surface area contributed by atoms with Gasteiger partial charge in [-0.05, 0) is 60.4 Å². The van der Waals surface area contributed by atoms with E-state index >= 15 is 0 Å². The highest BCUT2D eigenvalue weighted by atomic mass is 16.6. The minimum absolute atomic E-state index is 0.0518. The Kier molecular flexibility index (Phi) is 6.09. The lowest BCUT2D eigenvalue weighted by Crippen LogP contribution is -2.54. The smallest absolute Gasteiger partial charge is 0.335 e. The maximum atomic E-state index is 13.1. The maximum absolute atomic E-state index is 13.1. The third-order valence-electron chi connectivity index (χ3n) is 5.71. The van der Waals surface area contributed by atoms with Crippen molar-refractivity contribution in [2.24, 2.45) is 0 Å². The second-order valence-corrected chi connectivity index (χ2v) is 7.86. The van der Waals surface area contributed by atoms with Gasteiger partial charge in [0.15, 0.2) is 0 Å². The van der Waals surface area contributed by atoms with Crippen LogP contribution in [0.15, 0.2) is 70.7 Å². The van der Waals surface area contributed by atoms with Crippen LogP contribution in [0, 0.1) is 10.1 Å². The molecule has 0 unspecified atom stereocenters. The zero-order valence-electron chi connectivity index (χ0n) is 18.5. The van der Waals surface area contributed by atoms with Crippen molar-refractivity contribution in [1.82, 2.24) is 5.32 Å². The maximum Gasteiger partial charge on any atom is 0.335 e. The van der Waals surface area contributed by atoms with Crippen molar-refractivity contribution in [3.8, 4) is 11.3 Å². The van der Waals surface area contributed by atoms with E-state index in [4.69, 9.17) is 4.42 Å². The molecule has 1 atom stereocenters. The number of nitrogens with zero attached hydrogens (tertiary/aromatic N) is 2. The molecule has 1 N–H and O–H groups in total. The Morgan fingerprint density at radius 2 is 1.71 bits per heavy atom. The van der Waals surface area contributed by atoms with Gasteiger partial charge in [-0.3, -0.25) is 25.0 Å². The van der Waals surface area contributed by atoms with Crippen molar-refractivity contribution in [2.45, 2.75) is 26.2 Å². The summed E-state index contributed by atoms with van der Waals surface area (Å²) >= 11 is 0. The lowest BCUT2D eigenvalue weighted by atomic mass is 9.98. The number of benzene rings is 2. The van der Waals surface area contributed by atoms with Crippen molar-refractivity contribution in [3.05, 3.63) is 87.7 Å². The summed E-state index contributed by atoms with van der Waals surface area (Å²) in [5.74, 6) is -0.637. The Labute approximate surface area is 194 Å². The molecule has 1 fully saturated rings. The van der Waals surface area contributed by atoms with Crippen LogP contribution < -0.4 is 10.2 Å². The molecule has 4 rings (SSSR count). The number of nitro benzene ring substituents is 1. The molecule has 172 valence electrons. The number of amides is 4. The summed E-state index contributed by atoms with van der Waals surface area (Å²) in [4.78, 5) is 49.1. The average Bonchev–Trinajstić information content (AvgIpc) is 3.30. The molecular weight excluding hydrogens is 438 g/mol. The number of non-ortho nitro benzene ring substituents is 1. The molecule has 0 spiro atoms. The van der Waals surface area contributed by atoms with Crippen LogP contribution in [0.5, 0.6) is 0 Å². The van der Waals surface area contributed by atoms with Crippen LogP contribution in [-0.4, -0.2) is 22.8 Å². The third kappa shape index (κ3) is 4.36. The molecule has 0 bridgehead atoms. The van der Waals surface area contributed by atoms with E-state index in [-0.39, 0.29) is 17.0 Å². The van der Waals surface area contributed by atoms with Gasteiger partial charge in [0.1, 0.15) is 17.1 Å². The molecule has 9 nitrogen and oxygen atoms in total. The van der Waals surface area contributed by atoms with E-state index in [2.05, 4.69) is 19.2 Å². The number of anilines is 1. The number of carbonyl (C=O) groups is 3. The highest BCUT2D eigenvalue weighted by molar-refractivity contribution is 6.39. The zero-order valence-corrected chi connectivity index (χ0v) is 18.5. The van der Waals surface area contributed by atoms with Gasteiger partial charge in [-0.25, -0.2) is 9.69 Å². The summed E-state index contributed by atoms with van der Waals surface area (Å²) in [5, 5.41) is 13.0. The van der Waals surface area contributed by atoms with E-state index in [1.807, 2.05) is 12.1 Å². The number of hydrogen-bond donors (Lipinski definition) is 1. The molecule has 9 heteroatoms. The Bertz CT molecular complexity index is 1310. The van der Waals surface area contributed by atoms with Crippen molar-refractivity contribution < 1.29 is 23.7 Å². The number of nitro groups is 1. The van der Waals surface area contributed by atoms with Gasteiger partial charge in [0.25, 0.3) is 17.5 Å². The molecule has 34 heavy (non-hydrogen) atoms. The molecule has 0 aliphatic carbocycles. The number of rotatable bonds is 6. The Morgan fingerprint density at radius 3 is 2.32 bits per heavy atom. The lowest BCUT2D eigenvalue weighted by Gasteiger charge is -2.26. The van der Waals surface area contributed by atoms with Gasteiger partial charge in [0.2, 0.25) is 0 Å². The van der Waals surface area contributed by atoms with E-state index in [1.165, 1.54) is 30.3 Å². The molecule has 1 aromatic heterocycles. The predicted octanol–water partition coefficient (Wildman–Crippen LogP) is 5.03. The SMILES string of the molecule is CC[C@H](C)c1ccc(N2C(=O)NC(=O)/C(=C/c3ccc(-c4ccc([N+](=O)[O-])cc4)o3)C2=O)cc1. The summed E-state index contributed by atoms with van der Waals surface area (Å²) in [5.41, 5.74) is 1.71. The van der Waals surface area contributed by atoms with Crippen molar-refractivity contribution in [3.63, 3.8) is 0 Å². The molecule has 2 heterocycles. The third-order valence-corrected chi connectivity index (χ3v) is 5.71. The first-order valence-corrected chi connectivity index (χ1v) is 10.6. The van der Waals surface area contributed by atoms with Gasteiger partial charge in [-0.2, -0.15) is 0 Å². The zero-order chi connectivity index (χ0) is 24.4. The topological polar surface area (TPSA) is 123 Å². The Balaban J connectivity index is 1.60. The second-order valence-electron chi connectivity index (χ2n) is 7.86. The van der Waals surface area contributed by atoms with Gasteiger partial charge in [0.05, 0.1) is 10.6 Å². The fraction of sp³-hybridized carbons (Fsp3) is 0.160. The van der Waals surface area contributed by atoms with E-state index in [9.17, 15) is 24.5 Å². The van der Waals surface area contributed by atoms with E-state index < -0.39 is 22.8 Å². The summed E-state index contributed by atoms with van der Waals surface area (Å²) in [7, 11) is 0. The number of imide groups is 2. The van der Waals surface area contributed by atoms with Crippen molar-refractivity contribution in [2.75, 3.05) is 4.90 Å². The van der Waals surface area contributed by atoms with E-state index in [0.717, 1.165) is 16.9 Å². The fourth-order valence-electron chi connectivity index (χ4n) is 3.55. The minimum atomic E-state index is -0.825. The summed E-state index contributed by atoms with van der Waals surface area (Å²) in [6.45, 7) is 4.16. The fourth-order valence-corrected chi connectivity index (χ4v) is 3.55. The summed E-state index contributed by atoms with van der Waals surface area (Å²) < 4.78 is 5.71. The first-order chi connectivity index (χ1) is 16.3. The predicted molar refractivity (Wildman–Crippen MR) is 125 cm³/mol. The summed E-state index contributed by atoms with van der Waals surface area (Å²) in [6.07, 6.45) is 2.22. The lowest BCUT2D eigenvalue weighted by molar-refractivity contribution is -0.384. The van der Waals surface area contributed by atoms with E-state index in [1.54, 1.807) is 24.3 Å². The number of nitrogens with one attached hydrogen (secondary N) is 1. The van der Waals surface area contributed by atoms with Crippen molar-refractivity contribution >= 4 is 35.3 Å². The van der Waals surface area contributed by atoms with Gasteiger partial charge in [-0.1, -0.05) is 26.0 Å². The van der Waals surface area contributed by atoms with Crippen LogP contribution >= 0.6 is 0 Å². The molecule has 1 saturated heterocycles. The Hall–Kier alpha value is -4.53. The van der Waals surface area contributed by atoms with Gasteiger partial charge in [-0.15, -0.1) is 0 Å². The molecule has 3 aromatic rings. The number of urea groups is 1. The standard InChI is InChI=1S/C25H21N3O6/c1-3-15(2)16-4-8-18(9-5-16)27-24(30)21(23(29)26-25(27)31)14-20-12-13-22(34-20)17-6-10-19(11-7-17)28(32)33/h4-15H,3H2,1-2H3,(H,26,29,31)/b21-14-/t15-/m0/s1. The number of carbonyl (C=O) groups excluding carboxylic acids is 3. The van der Waals surface area contributed by atoms with Gasteiger partial charge >= 0.3 is 6.03 Å². The first kappa shape index (κ1) is 22.7. The molecular formula is C25H21N3O6. The van der Waals surface area contributed by atoms with Gasteiger partial charge < -0.3 is 4.42 Å². The van der Waals surface area contributed by atoms with Gasteiger partial charge in [0, 0.05) is 17.7 Å². The van der Waals surface area contributed by atoms with Crippen molar-refractivity contribution in [1.29, 1.82) is 0 Å². The molecule has 1 aliphatic heterocycles. The number of hydrogen-bond acceptors (Lipinski definition) is 6. The number of barbiturate groups is 1. The summed E-state index contributed by atoms with van der Waals surface area (Å²) in [6, 6.07) is 15.2. The number of furan rings is 1. The largest absolute Gasteiger partial charge is 0.457 e. The average molecular weight is 459 g/mol. The Morgan fingerprint density at radius 1 is 1.03 bits per heavy atom. The molecule has 0 saturated carbocycles. The first-order valence-electron chi connectivity index (χ1n) is 10.6. The van der Waals surface area contributed by atoms with Crippen LogP contribution in [0.2, 0.25) is 0 Å². The van der Waals surface area contributed by atoms with E-state index in [0.29, 0.717) is 22.9 Å². The highest BCUT2D eigenvalue weighted by Crippen LogP contribution is 2.28. The monoisotopic (exact) mass is 459 g/mol. The minimum Gasteiger partial charge on any atom is -0.457 e. The highest BCUT2D eigenvalue weighted by Gasteiger charge is 2.37. The quantitative estimate of drug-likeness (QED) is 0.239. The van der Waals surface area contributed by atoms with Crippen LogP contribution in [-0.2, 0) is 9.59 Å². The molecule has 0 radical (unpaired) electrons. The molecule has 4 amide bonds. The molecule has 2 aromatic carbocycles. The normalized spacial score (nSPS) is 16.0. The van der Waals surface area contributed by atoms with Crippen LogP contribution in [0.25, 0.3) is 17.4 Å². The van der Waals surface area contributed by atoms with Crippen LogP contribution in [0.4, 0.5) is 16.2 Å².